The van der Waals surface area contributed by atoms with E-state index in [1.165, 1.54) is 12.5 Å². The van der Waals surface area contributed by atoms with Crippen molar-refractivity contribution in [2.45, 2.75) is 6.42 Å². The van der Waals surface area contributed by atoms with Crippen molar-refractivity contribution in [3.8, 4) is 0 Å². The van der Waals surface area contributed by atoms with E-state index in [4.69, 9.17) is 11.6 Å². The maximum Gasteiger partial charge on any atom is 0.141 e. The van der Waals surface area contributed by atoms with Crippen molar-refractivity contribution in [1.82, 2.24) is 5.32 Å². The second kappa shape index (κ2) is 3.60. The summed E-state index contributed by atoms with van der Waals surface area (Å²) < 4.78 is 13.1. The molecule has 0 radical (unpaired) electrons. The van der Waals surface area contributed by atoms with Crippen molar-refractivity contribution in [1.29, 1.82) is 0 Å². The van der Waals surface area contributed by atoms with Crippen molar-refractivity contribution >= 4 is 17.3 Å². The molecule has 2 saturated heterocycles. The minimum Gasteiger partial charge on any atom is -0.371 e. The molecular formula is C12H14ClFN2. The number of anilines is 1. The summed E-state index contributed by atoms with van der Waals surface area (Å²) in [4.78, 5) is 2.30. The van der Waals surface area contributed by atoms with E-state index in [1.54, 1.807) is 6.07 Å². The second-order valence-corrected chi connectivity index (χ2v) is 5.28. The van der Waals surface area contributed by atoms with Gasteiger partial charge in [0, 0.05) is 37.3 Å². The van der Waals surface area contributed by atoms with Gasteiger partial charge in [-0.15, -0.1) is 0 Å². The van der Waals surface area contributed by atoms with Crippen LogP contribution in [0.15, 0.2) is 18.2 Å². The average molecular weight is 241 g/mol. The molecular weight excluding hydrogens is 227 g/mol. The van der Waals surface area contributed by atoms with Crippen molar-refractivity contribution in [3.05, 3.63) is 29.0 Å². The monoisotopic (exact) mass is 240 g/mol. The van der Waals surface area contributed by atoms with Gasteiger partial charge in [-0.05, 0) is 24.6 Å². The Morgan fingerprint density at radius 3 is 2.75 bits per heavy atom. The predicted octanol–water partition coefficient (Wildman–Crippen LogP) is 2.28. The molecule has 1 spiro atoms. The third-order valence-electron chi connectivity index (χ3n) is 3.71. The molecule has 0 unspecified atom stereocenters. The highest BCUT2D eigenvalue weighted by Gasteiger charge is 2.42. The maximum absolute atomic E-state index is 13.1. The number of hydrogen-bond acceptors (Lipinski definition) is 2. The molecule has 1 aromatic carbocycles. The van der Waals surface area contributed by atoms with Gasteiger partial charge in [-0.2, -0.15) is 0 Å². The smallest absolute Gasteiger partial charge is 0.141 e. The van der Waals surface area contributed by atoms with Gasteiger partial charge in [-0.3, -0.25) is 0 Å². The molecule has 2 aliphatic heterocycles. The largest absolute Gasteiger partial charge is 0.371 e. The Morgan fingerprint density at radius 1 is 1.38 bits per heavy atom. The molecule has 1 N–H and O–H groups in total. The molecule has 0 atom stereocenters. The molecule has 4 heteroatoms. The fourth-order valence-corrected chi connectivity index (χ4v) is 2.78. The van der Waals surface area contributed by atoms with Crippen molar-refractivity contribution in [2.24, 2.45) is 5.41 Å². The first kappa shape index (κ1) is 10.4. The number of halogens is 2. The highest BCUT2D eigenvalue weighted by molar-refractivity contribution is 6.31. The fourth-order valence-electron chi connectivity index (χ4n) is 2.60. The minimum absolute atomic E-state index is 0.213. The highest BCUT2D eigenvalue weighted by Crippen LogP contribution is 2.37. The molecule has 0 aromatic heterocycles. The summed E-state index contributed by atoms with van der Waals surface area (Å²) in [5.74, 6) is -0.343. The van der Waals surface area contributed by atoms with Gasteiger partial charge in [-0.1, -0.05) is 11.6 Å². The lowest BCUT2D eigenvalue weighted by Gasteiger charge is -2.39. The number of benzene rings is 1. The summed E-state index contributed by atoms with van der Waals surface area (Å²) >= 11 is 5.80. The van der Waals surface area contributed by atoms with E-state index in [0.29, 0.717) is 5.41 Å². The van der Waals surface area contributed by atoms with Crippen LogP contribution in [0.2, 0.25) is 5.02 Å². The first-order valence-corrected chi connectivity index (χ1v) is 5.97. The zero-order valence-corrected chi connectivity index (χ0v) is 9.73. The standard InChI is InChI=1S/C12H14ClFN2/c13-10-5-9(1-2-11(10)14)16-4-3-12(8-16)6-15-7-12/h1-2,5,15H,3-4,6-8H2. The zero-order valence-electron chi connectivity index (χ0n) is 8.97. The molecule has 0 aliphatic carbocycles. The Balaban J connectivity index is 1.80. The van der Waals surface area contributed by atoms with Gasteiger partial charge in [0.1, 0.15) is 5.82 Å². The van der Waals surface area contributed by atoms with Crippen LogP contribution >= 0.6 is 11.6 Å². The van der Waals surface area contributed by atoms with E-state index in [1.807, 2.05) is 6.07 Å². The molecule has 0 amide bonds. The SMILES string of the molecule is Fc1ccc(N2CCC3(CNC3)C2)cc1Cl. The normalized spacial score (nSPS) is 22.5. The first-order valence-electron chi connectivity index (χ1n) is 5.59. The summed E-state index contributed by atoms with van der Waals surface area (Å²) in [7, 11) is 0. The van der Waals surface area contributed by atoms with Crippen molar-refractivity contribution in [2.75, 3.05) is 31.1 Å². The molecule has 0 saturated carbocycles. The van der Waals surface area contributed by atoms with Crippen LogP contribution in [0.25, 0.3) is 0 Å². The summed E-state index contributed by atoms with van der Waals surface area (Å²) in [5, 5.41) is 3.54. The number of nitrogens with one attached hydrogen (secondary N) is 1. The van der Waals surface area contributed by atoms with Crippen LogP contribution in [-0.2, 0) is 0 Å². The zero-order chi connectivity index (χ0) is 11.2. The van der Waals surface area contributed by atoms with Crippen LogP contribution < -0.4 is 10.2 Å². The van der Waals surface area contributed by atoms with Gasteiger partial charge >= 0.3 is 0 Å². The van der Waals surface area contributed by atoms with E-state index >= 15 is 0 Å². The molecule has 2 fully saturated rings. The van der Waals surface area contributed by atoms with E-state index < -0.39 is 0 Å². The van der Waals surface area contributed by atoms with Crippen LogP contribution in [0.3, 0.4) is 0 Å². The highest BCUT2D eigenvalue weighted by atomic mass is 35.5. The molecule has 2 nitrogen and oxygen atoms in total. The maximum atomic E-state index is 13.1. The summed E-state index contributed by atoms with van der Waals surface area (Å²) in [6.07, 6.45) is 1.22. The van der Waals surface area contributed by atoms with E-state index in [9.17, 15) is 4.39 Å². The Bertz CT molecular complexity index is 417. The topological polar surface area (TPSA) is 15.3 Å². The molecule has 2 heterocycles. The van der Waals surface area contributed by atoms with Gasteiger partial charge in [-0.25, -0.2) is 4.39 Å². The number of rotatable bonds is 1. The second-order valence-electron chi connectivity index (χ2n) is 4.87. The number of hydrogen-bond donors (Lipinski definition) is 1. The lowest BCUT2D eigenvalue weighted by Crippen LogP contribution is -2.54. The van der Waals surface area contributed by atoms with Gasteiger partial charge in [0.05, 0.1) is 5.02 Å². The van der Waals surface area contributed by atoms with Crippen LogP contribution in [0.1, 0.15) is 6.42 Å². The van der Waals surface area contributed by atoms with Gasteiger partial charge < -0.3 is 10.2 Å². The fraction of sp³-hybridized carbons (Fsp3) is 0.500. The molecule has 2 aliphatic rings. The minimum atomic E-state index is -0.343. The van der Waals surface area contributed by atoms with Crippen LogP contribution in [0, 0.1) is 11.2 Å². The van der Waals surface area contributed by atoms with Crippen LogP contribution in [0.4, 0.5) is 10.1 Å². The molecule has 0 bridgehead atoms. The molecule has 3 rings (SSSR count). The molecule has 1 aromatic rings. The van der Waals surface area contributed by atoms with Crippen LogP contribution in [-0.4, -0.2) is 26.2 Å². The Morgan fingerprint density at radius 2 is 2.19 bits per heavy atom. The summed E-state index contributed by atoms with van der Waals surface area (Å²) in [6, 6.07) is 4.98. The Hall–Kier alpha value is -0.800. The third-order valence-corrected chi connectivity index (χ3v) is 4.00. The van der Waals surface area contributed by atoms with Crippen LogP contribution in [0.5, 0.6) is 0 Å². The lowest BCUT2D eigenvalue weighted by molar-refractivity contribution is 0.200. The predicted molar refractivity (Wildman–Crippen MR) is 63.5 cm³/mol. The van der Waals surface area contributed by atoms with E-state index in [-0.39, 0.29) is 10.8 Å². The molecule has 86 valence electrons. The number of nitrogens with zero attached hydrogens (tertiary/aromatic N) is 1. The van der Waals surface area contributed by atoms with Crippen molar-refractivity contribution < 1.29 is 4.39 Å². The van der Waals surface area contributed by atoms with E-state index in [0.717, 1.165) is 31.9 Å². The average Bonchev–Trinajstić information content (AvgIpc) is 2.66. The first-order chi connectivity index (χ1) is 7.69. The summed E-state index contributed by atoms with van der Waals surface area (Å²) in [6.45, 7) is 4.32. The van der Waals surface area contributed by atoms with Gasteiger partial charge in [0.2, 0.25) is 0 Å². The quantitative estimate of drug-likeness (QED) is 0.810. The Kier molecular flexibility index (Phi) is 2.33. The van der Waals surface area contributed by atoms with Gasteiger partial charge in [0.15, 0.2) is 0 Å². The van der Waals surface area contributed by atoms with E-state index in [2.05, 4.69) is 10.2 Å². The summed E-state index contributed by atoms with van der Waals surface area (Å²) in [5.41, 5.74) is 1.50. The Labute approximate surface area is 99.4 Å². The third kappa shape index (κ3) is 1.59. The van der Waals surface area contributed by atoms with Crippen molar-refractivity contribution in [3.63, 3.8) is 0 Å². The molecule has 16 heavy (non-hydrogen) atoms. The lowest BCUT2D eigenvalue weighted by atomic mass is 9.81. The van der Waals surface area contributed by atoms with Gasteiger partial charge in [0.25, 0.3) is 0 Å².